The van der Waals surface area contributed by atoms with E-state index >= 15 is 0 Å². The highest BCUT2D eigenvalue weighted by atomic mass is 16.3. The molecular weight excluding hydrogens is 454 g/mol. The maximum Gasteiger partial charge on any atom is 0.253 e. The lowest BCUT2D eigenvalue weighted by Crippen LogP contribution is -2.44. The molecule has 6 rings (SSSR count). The molecule has 0 bridgehead atoms. The first kappa shape index (κ1) is 23.2. The van der Waals surface area contributed by atoms with Gasteiger partial charge in [-0.2, -0.15) is 4.98 Å². The Bertz CT molecular complexity index is 1220. The molecule has 4 heterocycles. The SMILES string of the molecule is CN1CCC(N(C)C(=O)c2ccc(Nc3nc4c(N5C[C@H]6CC(O)C[C@H]6C5)cccn4n3)cc2)CC1. The van der Waals surface area contributed by atoms with Crippen LogP contribution in [-0.2, 0) is 0 Å². The smallest absolute Gasteiger partial charge is 0.253 e. The van der Waals surface area contributed by atoms with Crippen molar-refractivity contribution in [2.75, 3.05) is 50.5 Å². The number of amides is 1. The fourth-order valence-corrected chi connectivity index (χ4v) is 6.23. The van der Waals surface area contributed by atoms with Gasteiger partial charge in [0, 0.05) is 43.6 Å². The number of aromatic nitrogens is 3. The first-order valence-corrected chi connectivity index (χ1v) is 13.1. The number of fused-ring (bicyclic) bond motifs is 2. The Balaban J connectivity index is 1.14. The van der Waals surface area contributed by atoms with Gasteiger partial charge in [0.25, 0.3) is 5.91 Å². The van der Waals surface area contributed by atoms with E-state index in [4.69, 9.17) is 4.98 Å². The van der Waals surface area contributed by atoms with Gasteiger partial charge in [-0.3, -0.25) is 4.79 Å². The highest BCUT2D eigenvalue weighted by Crippen LogP contribution is 2.40. The van der Waals surface area contributed by atoms with Crippen LogP contribution in [0.4, 0.5) is 17.3 Å². The number of likely N-dealkylation sites (tertiary alicyclic amines) is 1. The molecule has 9 heteroatoms. The van der Waals surface area contributed by atoms with Crippen molar-refractivity contribution in [3.63, 3.8) is 0 Å². The van der Waals surface area contributed by atoms with Crippen molar-refractivity contribution in [3.05, 3.63) is 48.2 Å². The topological polar surface area (TPSA) is 89.2 Å². The first-order valence-electron chi connectivity index (χ1n) is 13.1. The fraction of sp³-hybridized carbons (Fsp3) is 0.519. The van der Waals surface area contributed by atoms with Gasteiger partial charge in [0.2, 0.25) is 5.95 Å². The van der Waals surface area contributed by atoms with E-state index in [9.17, 15) is 9.90 Å². The number of rotatable bonds is 5. The van der Waals surface area contributed by atoms with Gasteiger partial charge in [0.05, 0.1) is 11.8 Å². The largest absolute Gasteiger partial charge is 0.393 e. The lowest BCUT2D eigenvalue weighted by molar-refractivity contribution is 0.0659. The zero-order chi connectivity index (χ0) is 24.8. The highest BCUT2D eigenvalue weighted by molar-refractivity contribution is 5.94. The predicted octanol–water partition coefficient (Wildman–Crippen LogP) is 2.85. The van der Waals surface area contributed by atoms with E-state index in [-0.39, 0.29) is 12.0 Å². The molecule has 3 aliphatic rings. The molecule has 1 aromatic carbocycles. The van der Waals surface area contributed by atoms with Crippen LogP contribution in [0.1, 0.15) is 36.0 Å². The second-order valence-electron chi connectivity index (χ2n) is 10.8. The summed E-state index contributed by atoms with van der Waals surface area (Å²) in [5.41, 5.74) is 3.44. The third-order valence-corrected chi connectivity index (χ3v) is 8.35. The molecular formula is C27H35N7O2. The molecule has 2 aliphatic heterocycles. The number of carbonyl (C=O) groups excluding carboxylic acids is 1. The second-order valence-corrected chi connectivity index (χ2v) is 10.8. The van der Waals surface area contributed by atoms with Gasteiger partial charge in [-0.05, 0) is 94.1 Å². The number of carbonyl (C=O) groups is 1. The highest BCUT2D eigenvalue weighted by Gasteiger charge is 2.40. The van der Waals surface area contributed by atoms with Gasteiger partial charge < -0.3 is 25.1 Å². The summed E-state index contributed by atoms with van der Waals surface area (Å²) in [7, 11) is 4.05. The molecule has 0 radical (unpaired) electrons. The van der Waals surface area contributed by atoms with Crippen molar-refractivity contribution in [1.82, 2.24) is 24.4 Å². The van der Waals surface area contributed by atoms with E-state index in [1.165, 1.54) is 0 Å². The van der Waals surface area contributed by atoms with E-state index in [2.05, 4.69) is 33.3 Å². The van der Waals surface area contributed by atoms with Crippen LogP contribution in [0.2, 0.25) is 0 Å². The summed E-state index contributed by atoms with van der Waals surface area (Å²) in [5, 5.41) is 17.9. The quantitative estimate of drug-likeness (QED) is 0.570. The molecule has 3 aromatic rings. The average Bonchev–Trinajstić information content (AvgIpc) is 3.56. The molecule has 9 nitrogen and oxygen atoms in total. The molecule has 3 fully saturated rings. The number of nitrogens with zero attached hydrogens (tertiary/aromatic N) is 6. The van der Waals surface area contributed by atoms with E-state index in [0.29, 0.717) is 29.4 Å². The normalized spacial score (nSPS) is 24.9. The molecule has 3 atom stereocenters. The number of hydrogen-bond acceptors (Lipinski definition) is 7. The lowest BCUT2D eigenvalue weighted by atomic mass is 10.0. The van der Waals surface area contributed by atoms with Crippen molar-refractivity contribution < 1.29 is 9.90 Å². The lowest BCUT2D eigenvalue weighted by Gasteiger charge is -2.35. The Morgan fingerprint density at radius 3 is 2.47 bits per heavy atom. The summed E-state index contributed by atoms with van der Waals surface area (Å²) in [6.45, 7) is 3.97. The third-order valence-electron chi connectivity index (χ3n) is 8.35. The van der Waals surface area contributed by atoms with Crippen LogP contribution in [0.3, 0.4) is 0 Å². The van der Waals surface area contributed by atoms with Crippen LogP contribution >= 0.6 is 0 Å². The van der Waals surface area contributed by atoms with E-state index < -0.39 is 0 Å². The van der Waals surface area contributed by atoms with E-state index in [0.717, 1.165) is 68.9 Å². The minimum absolute atomic E-state index is 0.0644. The molecule has 1 amide bonds. The maximum atomic E-state index is 13.0. The Hall–Kier alpha value is -3.17. The van der Waals surface area contributed by atoms with Crippen LogP contribution in [-0.4, -0.2) is 87.8 Å². The zero-order valence-corrected chi connectivity index (χ0v) is 21.0. The van der Waals surface area contributed by atoms with Gasteiger partial charge in [-0.15, -0.1) is 5.10 Å². The summed E-state index contributed by atoms with van der Waals surface area (Å²) in [5.74, 6) is 1.70. The minimum Gasteiger partial charge on any atom is -0.393 e. The monoisotopic (exact) mass is 489 g/mol. The summed E-state index contributed by atoms with van der Waals surface area (Å²) < 4.78 is 1.81. The van der Waals surface area contributed by atoms with Crippen molar-refractivity contribution in [2.24, 2.45) is 11.8 Å². The van der Waals surface area contributed by atoms with Crippen LogP contribution in [0.5, 0.6) is 0 Å². The van der Waals surface area contributed by atoms with Crippen molar-refractivity contribution in [3.8, 4) is 0 Å². The van der Waals surface area contributed by atoms with Gasteiger partial charge in [-0.1, -0.05) is 0 Å². The molecule has 2 saturated heterocycles. The van der Waals surface area contributed by atoms with E-state index in [1.807, 2.05) is 53.0 Å². The number of piperidine rings is 1. The number of anilines is 3. The molecule has 2 aromatic heterocycles. The number of benzene rings is 1. The number of hydrogen-bond donors (Lipinski definition) is 2. The molecule has 36 heavy (non-hydrogen) atoms. The molecule has 1 unspecified atom stereocenters. The summed E-state index contributed by atoms with van der Waals surface area (Å²) in [4.78, 5) is 24.4. The third kappa shape index (κ3) is 4.41. The second kappa shape index (κ2) is 9.37. The number of pyridine rings is 1. The number of aliphatic hydroxyl groups is 1. The van der Waals surface area contributed by atoms with Gasteiger partial charge >= 0.3 is 0 Å². The molecule has 1 saturated carbocycles. The zero-order valence-electron chi connectivity index (χ0n) is 21.0. The Morgan fingerprint density at radius 1 is 1.08 bits per heavy atom. The molecule has 2 N–H and O–H groups in total. The minimum atomic E-state index is -0.141. The molecule has 190 valence electrons. The first-order chi connectivity index (χ1) is 17.4. The summed E-state index contributed by atoms with van der Waals surface area (Å²) in [6, 6.07) is 12.0. The maximum absolute atomic E-state index is 13.0. The van der Waals surface area contributed by atoms with Gasteiger partial charge in [-0.25, -0.2) is 4.52 Å². The van der Waals surface area contributed by atoms with Crippen LogP contribution < -0.4 is 10.2 Å². The van der Waals surface area contributed by atoms with Crippen LogP contribution in [0.25, 0.3) is 5.65 Å². The molecule has 0 spiro atoms. The van der Waals surface area contributed by atoms with Crippen LogP contribution in [0, 0.1) is 11.8 Å². The van der Waals surface area contributed by atoms with E-state index in [1.54, 1.807) is 0 Å². The Morgan fingerprint density at radius 2 is 1.78 bits per heavy atom. The Labute approximate surface area is 211 Å². The summed E-state index contributed by atoms with van der Waals surface area (Å²) in [6.07, 6.45) is 5.60. The average molecular weight is 490 g/mol. The summed E-state index contributed by atoms with van der Waals surface area (Å²) >= 11 is 0. The van der Waals surface area contributed by atoms with Crippen molar-refractivity contribution >= 4 is 28.9 Å². The number of nitrogens with one attached hydrogen (secondary N) is 1. The fourth-order valence-electron chi connectivity index (χ4n) is 6.23. The molecule has 1 aliphatic carbocycles. The van der Waals surface area contributed by atoms with Crippen LogP contribution in [0.15, 0.2) is 42.6 Å². The van der Waals surface area contributed by atoms with Crippen molar-refractivity contribution in [2.45, 2.75) is 37.8 Å². The van der Waals surface area contributed by atoms with Gasteiger partial charge in [0.15, 0.2) is 5.65 Å². The van der Waals surface area contributed by atoms with Gasteiger partial charge in [0.1, 0.15) is 0 Å². The van der Waals surface area contributed by atoms with Crippen molar-refractivity contribution in [1.29, 1.82) is 0 Å². The standard InChI is InChI=1S/C27H35N7O2/c1-31-12-9-22(10-13-31)32(2)26(36)18-5-7-21(8-6-18)28-27-29-25-24(4-3-11-34(25)30-27)33-16-19-14-23(35)15-20(19)17-33/h3-8,11,19-20,22-23,35H,9-10,12-17H2,1-2H3,(H,28,30)/t19-,20+,23?. The Kier molecular flexibility index (Phi) is 6.05. The number of aliphatic hydroxyl groups excluding tert-OH is 1. The predicted molar refractivity (Wildman–Crippen MR) is 140 cm³/mol.